The molecule has 1 saturated heterocycles. The number of carboxylic acid groups (broad SMARTS) is 1. The number of benzene rings is 3. The Morgan fingerprint density at radius 2 is 1.83 bits per heavy atom. The van der Waals surface area contributed by atoms with Gasteiger partial charge in [0.2, 0.25) is 11.7 Å². The molecule has 1 aliphatic heterocycles. The van der Waals surface area contributed by atoms with Crippen LogP contribution in [0.15, 0.2) is 48.7 Å². The van der Waals surface area contributed by atoms with Gasteiger partial charge in [0, 0.05) is 35.5 Å². The van der Waals surface area contributed by atoms with Gasteiger partial charge in [0.25, 0.3) is 0 Å². The van der Waals surface area contributed by atoms with E-state index in [0.717, 1.165) is 24.6 Å². The van der Waals surface area contributed by atoms with E-state index in [2.05, 4.69) is 10.2 Å². The molecule has 3 aromatic carbocycles. The van der Waals surface area contributed by atoms with Gasteiger partial charge in [-0.25, -0.2) is 18.6 Å². The van der Waals surface area contributed by atoms with Crippen molar-refractivity contribution >= 4 is 40.1 Å². The van der Waals surface area contributed by atoms with Crippen molar-refractivity contribution in [1.29, 1.82) is 0 Å². The van der Waals surface area contributed by atoms with Crippen LogP contribution in [0.3, 0.4) is 0 Å². The van der Waals surface area contributed by atoms with Crippen LogP contribution >= 0.6 is 12.4 Å². The average Bonchev–Trinajstić information content (AvgIpc) is 3.42. The Morgan fingerprint density at radius 1 is 1.05 bits per heavy atom. The number of methoxy groups -OCH3 is 1. The largest absolute Gasteiger partial charge is 0.493 e. The number of nitrogens with one attached hydrogen (secondary N) is 1. The van der Waals surface area contributed by atoms with Gasteiger partial charge in [-0.15, -0.1) is 12.4 Å². The van der Waals surface area contributed by atoms with Crippen molar-refractivity contribution in [3.8, 4) is 28.5 Å². The summed E-state index contributed by atoms with van der Waals surface area (Å²) in [5.41, 5.74) is 1.87. The maximum Gasteiger partial charge on any atom is 0.339 e. The smallest absolute Gasteiger partial charge is 0.339 e. The van der Waals surface area contributed by atoms with Gasteiger partial charge in [-0.05, 0) is 60.2 Å². The summed E-state index contributed by atoms with van der Waals surface area (Å²) >= 11 is 0. The van der Waals surface area contributed by atoms with Gasteiger partial charge >= 0.3 is 5.97 Å². The van der Waals surface area contributed by atoms with Crippen molar-refractivity contribution in [2.24, 2.45) is 0 Å². The number of fused-ring (bicyclic) bond motifs is 2. The lowest BCUT2D eigenvalue weighted by Gasteiger charge is -2.26. The Kier molecular flexibility index (Phi) is 7.74. The van der Waals surface area contributed by atoms with Gasteiger partial charge < -0.3 is 19.3 Å². The van der Waals surface area contributed by atoms with Crippen molar-refractivity contribution in [2.45, 2.75) is 18.8 Å². The predicted octanol–water partition coefficient (Wildman–Crippen LogP) is 7.01. The molecule has 6 rings (SSSR count). The molecule has 0 aliphatic carbocycles. The first-order valence-corrected chi connectivity index (χ1v) is 12.5. The van der Waals surface area contributed by atoms with E-state index in [1.54, 1.807) is 12.3 Å². The highest BCUT2D eigenvalue weighted by Gasteiger charge is 2.27. The van der Waals surface area contributed by atoms with Crippen molar-refractivity contribution in [1.82, 2.24) is 15.2 Å². The molecule has 212 valence electrons. The maximum absolute atomic E-state index is 15.4. The van der Waals surface area contributed by atoms with Crippen LogP contribution in [-0.4, -0.2) is 46.6 Å². The number of halogens is 4. The minimum atomic E-state index is -1.36. The van der Waals surface area contributed by atoms with E-state index < -0.39 is 29.2 Å². The first-order valence-electron chi connectivity index (χ1n) is 12.5. The third-order valence-electron chi connectivity index (χ3n) is 7.08. The van der Waals surface area contributed by atoms with Crippen LogP contribution < -0.4 is 9.47 Å². The lowest BCUT2D eigenvalue weighted by Crippen LogP contribution is -2.16. The van der Waals surface area contributed by atoms with E-state index in [1.165, 1.54) is 18.2 Å². The number of hydrogen-bond donors (Lipinski definition) is 2. The highest BCUT2D eigenvalue weighted by atomic mass is 35.5. The molecule has 12 heteroatoms. The Bertz CT molecular complexity index is 1790. The van der Waals surface area contributed by atoms with Crippen LogP contribution in [0, 0.1) is 17.5 Å². The van der Waals surface area contributed by atoms with Crippen molar-refractivity contribution in [3.05, 3.63) is 77.4 Å². The highest BCUT2D eigenvalue weighted by Crippen LogP contribution is 2.44. The van der Waals surface area contributed by atoms with Gasteiger partial charge in [0.05, 0.1) is 24.5 Å². The molecule has 0 spiro atoms. The van der Waals surface area contributed by atoms with Crippen molar-refractivity contribution < 1.29 is 37.3 Å². The molecule has 0 saturated carbocycles. The zero-order valence-corrected chi connectivity index (χ0v) is 22.4. The standard InChI is InChI=1S/C29H22F3N3O5.ClH/c1-38-27-17(29(36)37)3-5-23(25(27)32)40-28-19-12-22-16(13-33-35-22)10-18(19)24(15-2-4-20(30)21(31)11-15)26(34-28)14-6-8-39-9-7-14;/h2-5,10-14H,6-9H2,1H3,(H,33,35)(H,36,37);1H. The van der Waals surface area contributed by atoms with Crippen molar-refractivity contribution in [2.75, 3.05) is 20.3 Å². The summed E-state index contributed by atoms with van der Waals surface area (Å²) in [6.45, 7) is 0.974. The Hall–Kier alpha value is -4.35. The average molecular weight is 586 g/mol. The van der Waals surface area contributed by atoms with Gasteiger partial charge in [-0.2, -0.15) is 9.49 Å². The number of aromatic amines is 1. The molecule has 2 aromatic heterocycles. The molecule has 0 amide bonds. The number of aromatic nitrogens is 3. The fourth-order valence-corrected chi connectivity index (χ4v) is 5.13. The Morgan fingerprint density at radius 3 is 2.54 bits per heavy atom. The maximum atomic E-state index is 15.4. The zero-order chi connectivity index (χ0) is 28.0. The van der Waals surface area contributed by atoms with E-state index in [9.17, 15) is 18.7 Å². The number of ether oxygens (including phenoxy) is 3. The Labute approximate surface area is 237 Å². The van der Waals surface area contributed by atoms with Crippen LogP contribution in [-0.2, 0) is 4.74 Å². The number of nitrogens with zero attached hydrogens (tertiary/aromatic N) is 2. The van der Waals surface area contributed by atoms with E-state index >= 15 is 4.39 Å². The SMILES string of the molecule is COc1c(C(=O)O)ccc(Oc2nc(C3CCOCC3)c(-c3ccc(F)c(F)c3)c3cc4cn[nH]c4cc23)c1F.Cl. The lowest BCUT2D eigenvalue weighted by molar-refractivity contribution is 0.0692. The summed E-state index contributed by atoms with van der Waals surface area (Å²) < 4.78 is 60.4. The van der Waals surface area contributed by atoms with Crippen LogP contribution in [0.1, 0.15) is 34.8 Å². The van der Waals surface area contributed by atoms with Gasteiger partial charge in [0.1, 0.15) is 5.56 Å². The highest BCUT2D eigenvalue weighted by molar-refractivity contribution is 6.06. The lowest BCUT2D eigenvalue weighted by atomic mass is 9.87. The zero-order valence-electron chi connectivity index (χ0n) is 21.5. The van der Waals surface area contributed by atoms with Gasteiger partial charge in [-0.1, -0.05) is 6.07 Å². The summed E-state index contributed by atoms with van der Waals surface area (Å²) in [6.07, 6.45) is 2.88. The number of pyridine rings is 1. The summed E-state index contributed by atoms with van der Waals surface area (Å²) in [7, 11) is 1.16. The predicted molar refractivity (Wildman–Crippen MR) is 147 cm³/mol. The minimum absolute atomic E-state index is 0. The molecule has 0 radical (unpaired) electrons. The number of aromatic carboxylic acids is 1. The fourth-order valence-electron chi connectivity index (χ4n) is 5.13. The third kappa shape index (κ3) is 5.02. The molecule has 0 atom stereocenters. The number of carboxylic acids is 1. The van der Waals surface area contributed by atoms with Crippen molar-refractivity contribution in [3.63, 3.8) is 0 Å². The van der Waals surface area contributed by atoms with E-state index in [0.29, 0.717) is 59.2 Å². The van der Waals surface area contributed by atoms with E-state index in [-0.39, 0.29) is 35.5 Å². The molecule has 8 nitrogen and oxygen atoms in total. The summed E-state index contributed by atoms with van der Waals surface area (Å²) in [6, 6.07) is 9.64. The Balaban J connectivity index is 0.00000337. The molecular formula is C29H23ClF3N3O5. The van der Waals surface area contributed by atoms with Crippen LogP contribution in [0.5, 0.6) is 17.4 Å². The minimum Gasteiger partial charge on any atom is -0.493 e. The fraction of sp³-hybridized carbons (Fsp3) is 0.207. The molecule has 41 heavy (non-hydrogen) atoms. The quantitative estimate of drug-likeness (QED) is 0.221. The summed E-state index contributed by atoms with van der Waals surface area (Å²) in [5, 5.41) is 18.2. The molecule has 0 unspecified atom stereocenters. The molecule has 5 aromatic rings. The topological polar surface area (TPSA) is 107 Å². The third-order valence-corrected chi connectivity index (χ3v) is 7.08. The summed E-state index contributed by atoms with van der Waals surface area (Å²) in [5.74, 6) is -5.17. The number of H-pyrrole nitrogens is 1. The van der Waals surface area contributed by atoms with Crippen LogP contribution in [0.4, 0.5) is 13.2 Å². The first kappa shape index (κ1) is 28.2. The van der Waals surface area contributed by atoms with Gasteiger partial charge in [0.15, 0.2) is 23.1 Å². The number of rotatable bonds is 6. The molecule has 0 bridgehead atoms. The molecule has 1 fully saturated rings. The van der Waals surface area contributed by atoms with Crippen LogP contribution in [0.25, 0.3) is 32.8 Å². The van der Waals surface area contributed by atoms with Gasteiger partial charge in [-0.3, -0.25) is 5.10 Å². The molecular weight excluding hydrogens is 563 g/mol. The number of carbonyl (C=O) groups is 1. The molecule has 2 N–H and O–H groups in total. The second-order valence-corrected chi connectivity index (χ2v) is 9.41. The normalized spacial score (nSPS) is 13.8. The first-order chi connectivity index (χ1) is 19.4. The van der Waals surface area contributed by atoms with Crippen LogP contribution in [0.2, 0.25) is 0 Å². The van der Waals surface area contributed by atoms with E-state index in [1.807, 2.05) is 6.07 Å². The van der Waals surface area contributed by atoms with E-state index in [4.69, 9.17) is 19.2 Å². The summed E-state index contributed by atoms with van der Waals surface area (Å²) in [4.78, 5) is 16.4. The second-order valence-electron chi connectivity index (χ2n) is 9.41. The number of hydrogen-bond acceptors (Lipinski definition) is 6. The second kappa shape index (κ2) is 11.3. The molecule has 1 aliphatic rings. The molecule has 3 heterocycles. The monoisotopic (exact) mass is 585 g/mol.